The molecular weight excluding hydrogens is 327 g/mol. The van der Waals surface area contributed by atoms with Gasteiger partial charge in [0.25, 0.3) is 0 Å². The molecular formula is C21H19FN4. The van der Waals surface area contributed by atoms with Gasteiger partial charge in [-0.2, -0.15) is 0 Å². The van der Waals surface area contributed by atoms with E-state index in [1.165, 1.54) is 6.07 Å². The van der Waals surface area contributed by atoms with Crippen molar-refractivity contribution in [1.29, 1.82) is 0 Å². The molecule has 0 aliphatic rings. The number of nitrogens with one attached hydrogen (secondary N) is 1. The third-order valence-electron chi connectivity index (χ3n) is 3.74. The maximum atomic E-state index is 14.2. The number of hydrogen-bond donors (Lipinski definition) is 2. The van der Waals surface area contributed by atoms with Crippen LogP contribution in [0.4, 0.5) is 15.9 Å². The van der Waals surface area contributed by atoms with Gasteiger partial charge in [-0.15, -0.1) is 0 Å². The number of nitrogen functional groups attached to an aromatic ring is 1. The summed E-state index contributed by atoms with van der Waals surface area (Å²) in [6, 6.07) is 11.8. The maximum Gasteiger partial charge on any atom is 0.165 e. The highest BCUT2D eigenvalue weighted by Crippen LogP contribution is 2.28. The molecule has 0 fully saturated rings. The molecule has 0 spiro atoms. The Labute approximate surface area is 151 Å². The predicted octanol–water partition coefficient (Wildman–Crippen LogP) is 5.08. The van der Waals surface area contributed by atoms with Crippen LogP contribution in [0.15, 0.2) is 79.0 Å². The lowest BCUT2D eigenvalue weighted by Crippen LogP contribution is -2.04. The molecule has 0 aliphatic heterocycles. The van der Waals surface area contributed by atoms with Crippen LogP contribution in [0.2, 0.25) is 0 Å². The van der Waals surface area contributed by atoms with Crippen molar-refractivity contribution >= 4 is 22.4 Å². The maximum absolute atomic E-state index is 14.2. The van der Waals surface area contributed by atoms with Gasteiger partial charge in [0.05, 0.1) is 11.1 Å². The number of hydrogen-bond acceptors (Lipinski definition) is 4. The van der Waals surface area contributed by atoms with E-state index in [1.807, 2.05) is 25.2 Å². The van der Waals surface area contributed by atoms with Gasteiger partial charge in [0.15, 0.2) is 5.82 Å². The second-order valence-corrected chi connectivity index (χ2v) is 5.63. The Kier molecular flexibility index (Phi) is 5.08. The minimum Gasteiger partial charge on any atom is -0.399 e. The predicted molar refractivity (Wildman–Crippen MR) is 106 cm³/mol. The summed E-state index contributed by atoms with van der Waals surface area (Å²) in [4.78, 5) is 9.05. The van der Waals surface area contributed by atoms with Crippen molar-refractivity contribution in [3.63, 3.8) is 0 Å². The van der Waals surface area contributed by atoms with Crippen LogP contribution >= 0.6 is 0 Å². The molecule has 0 amide bonds. The Morgan fingerprint density at radius 1 is 1.19 bits per heavy atom. The molecule has 4 nitrogen and oxygen atoms in total. The molecule has 0 unspecified atom stereocenters. The monoisotopic (exact) mass is 346 g/mol. The lowest BCUT2D eigenvalue weighted by molar-refractivity contribution is 0.630. The molecule has 0 atom stereocenters. The zero-order chi connectivity index (χ0) is 18.5. The van der Waals surface area contributed by atoms with Gasteiger partial charge in [0, 0.05) is 16.8 Å². The van der Waals surface area contributed by atoms with Gasteiger partial charge < -0.3 is 11.1 Å². The first kappa shape index (κ1) is 17.4. The lowest BCUT2D eigenvalue weighted by Gasteiger charge is -2.12. The molecule has 26 heavy (non-hydrogen) atoms. The van der Waals surface area contributed by atoms with Crippen molar-refractivity contribution in [2.45, 2.75) is 6.92 Å². The zero-order valence-corrected chi connectivity index (χ0v) is 14.4. The van der Waals surface area contributed by atoms with E-state index in [0.717, 1.165) is 11.1 Å². The second-order valence-electron chi connectivity index (χ2n) is 5.63. The Bertz CT molecular complexity index is 1020. The van der Waals surface area contributed by atoms with Crippen LogP contribution in [0.25, 0.3) is 22.3 Å². The van der Waals surface area contributed by atoms with Crippen LogP contribution in [0.3, 0.4) is 0 Å². The van der Waals surface area contributed by atoms with E-state index < -0.39 is 0 Å². The second kappa shape index (κ2) is 7.61. The molecule has 0 radical (unpaired) electrons. The molecule has 2 aromatic carbocycles. The number of nitrogens with zero attached hydrogens (tertiary/aromatic N) is 2. The van der Waals surface area contributed by atoms with E-state index in [2.05, 4.69) is 21.9 Å². The number of nitrogens with two attached hydrogens (primary N) is 1. The minimum absolute atomic E-state index is 0.307. The average molecular weight is 346 g/mol. The lowest BCUT2D eigenvalue weighted by atomic mass is 10.1. The Balaban J connectivity index is 2.22. The van der Waals surface area contributed by atoms with Gasteiger partial charge in [0.1, 0.15) is 11.6 Å². The van der Waals surface area contributed by atoms with Gasteiger partial charge in [-0.25, -0.2) is 14.4 Å². The molecule has 0 bridgehead atoms. The Morgan fingerprint density at radius 3 is 2.73 bits per heavy atom. The smallest absolute Gasteiger partial charge is 0.165 e. The van der Waals surface area contributed by atoms with E-state index in [1.54, 1.807) is 42.5 Å². The summed E-state index contributed by atoms with van der Waals surface area (Å²) in [6.45, 7) is 5.64. The van der Waals surface area contributed by atoms with Gasteiger partial charge in [-0.05, 0) is 49.4 Å². The Hall–Kier alpha value is -3.47. The summed E-state index contributed by atoms with van der Waals surface area (Å²) in [5, 5.41) is 4.01. The summed E-state index contributed by atoms with van der Waals surface area (Å²) >= 11 is 0. The minimum atomic E-state index is -0.372. The molecule has 130 valence electrons. The zero-order valence-electron chi connectivity index (χ0n) is 14.4. The molecule has 3 rings (SSSR count). The van der Waals surface area contributed by atoms with Crippen LogP contribution in [0.1, 0.15) is 6.92 Å². The van der Waals surface area contributed by atoms with E-state index in [0.29, 0.717) is 28.4 Å². The first-order valence-electron chi connectivity index (χ1n) is 8.17. The van der Waals surface area contributed by atoms with Crippen LogP contribution in [-0.4, -0.2) is 9.97 Å². The summed E-state index contributed by atoms with van der Waals surface area (Å²) < 4.78 is 14.2. The number of aromatic nitrogens is 2. The van der Waals surface area contributed by atoms with Crippen molar-refractivity contribution in [2.24, 2.45) is 0 Å². The van der Waals surface area contributed by atoms with E-state index in [4.69, 9.17) is 5.73 Å². The van der Waals surface area contributed by atoms with Crippen molar-refractivity contribution in [3.05, 3.63) is 84.9 Å². The van der Waals surface area contributed by atoms with Gasteiger partial charge >= 0.3 is 0 Å². The van der Waals surface area contributed by atoms with Crippen LogP contribution in [-0.2, 0) is 0 Å². The summed E-state index contributed by atoms with van der Waals surface area (Å²) in [5.41, 5.74) is 8.34. The number of benzene rings is 2. The Morgan fingerprint density at radius 2 is 2.00 bits per heavy atom. The summed E-state index contributed by atoms with van der Waals surface area (Å²) in [5.74, 6) is 0.483. The van der Waals surface area contributed by atoms with E-state index in [-0.39, 0.29) is 5.82 Å². The highest BCUT2D eigenvalue weighted by Gasteiger charge is 2.13. The van der Waals surface area contributed by atoms with Crippen molar-refractivity contribution in [2.75, 3.05) is 11.1 Å². The topological polar surface area (TPSA) is 63.8 Å². The SMILES string of the molecule is C=C/C=C(\C=C/C)Nc1nc(-c2ccccc2F)nc2ccc(N)cc12. The fourth-order valence-electron chi connectivity index (χ4n) is 2.59. The standard InChI is InChI=1S/C21H19FN4/c1-3-7-15(8-4-2)24-21-17-13-14(23)11-12-19(17)25-20(26-21)16-9-5-6-10-18(16)22/h3-13H,1,23H2,2H3,(H,24,25,26)/b8-4-,15-7+. The first-order valence-corrected chi connectivity index (χ1v) is 8.17. The fourth-order valence-corrected chi connectivity index (χ4v) is 2.59. The van der Waals surface area contributed by atoms with Gasteiger partial charge in [-0.3, -0.25) is 0 Å². The van der Waals surface area contributed by atoms with Crippen molar-refractivity contribution < 1.29 is 4.39 Å². The van der Waals surface area contributed by atoms with Crippen LogP contribution < -0.4 is 11.1 Å². The summed E-state index contributed by atoms with van der Waals surface area (Å²) in [6.07, 6.45) is 7.30. The molecule has 0 saturated carbocycles. The first-order chi connectivity index (χ1) is 12.6. The van der Waals surface area contributed by atoms with E-state index >= 15 is 0 Å². The third kappa shape index (κ3) is 3.62. The molecule has 1 heterocycles. The quantitative estimate of drug-likeness (QED) is 0.500. The number of halogens is 1. The highest BCUT2D eigenvalue weighted by atomic mass is 19.1. The number of anilines is 2. The molecule has 5 heteroatoms. The van der Waals surface area contributed by atoms with E-state index in [9.17, 15) is 4.39 Å². The molecule has 1 aromatic heterocycles. The van der Waals surface area contributed by atoms with Crippen molar-refractivity contribution in [1.82, 2.24) is 9.97 Å². The number of rotatable bonds is 5. The summed E-state index contributed by atoms with van der Waals surface area (Å²) in [7, 11) is 0. The molecule has 0 aliphatic carbocycles. The third-order valence-corrected chi connectivity index (χ3v) is 3.74. The molecule has 3 aromatic rings. The average Bonchev–Trinajstić information content (AvgIpc) is 2.63. The normalized spacial score (nSPS) is 11.8. The van der Waals surface area contributed by atoms with Gasteiger partial charge in [0.2, 0.25) is 0 Å². The molecule has 0 saturated heterocycles. The van der Waals surface area contributed by atoms with Crippen LogP contribution in [0, 0.1) is 5.82 Å². The van der Waals surface area contributed by atoms with Crippen molar-refractivity contribution in [3.8, 4) is 11.4 Å². The van der Waals surface area contributed by atoms with Gasteiger partial charge in [-0.1, -0.05) is 30.9 Å². The highest BCUT2D eigenvalue weighted by molar-refractivity contribution is 5.93. The fraction of sp³-hybridized carbons (Fsp3) is 0.0476. The largest absolute Gasteiger partial charge is 0.399 e. The number of allylic oxidation sites excluding steroid dienone is 4. The van der Waals surface area contributed by atoms with Crippen LogP contribution in [0.5, 0.6) is 0 Å². The number of fused-ring (bicyclic) bond motifs is 1. The molecule has 3 N–H and O–H groups in total.